The van der Waals surface area contributed by atoms with Crippen LogP contribution >= 0.6 is 23.2 Å². The molecular weight excluding hydrogens is 469 g/mol. The Morgan fingerprint density at radius 1 is 1.12 bits per heavy atom. The Kier molecular flexibility index (Phi) is 7.01. The lowest BCUT2D eigenvalue weighted by Crippen LogP contribution is -2.09. The molecule has 0 aliphatic rings. The number of fused-ring (bicyclic) bond motifs is 1. The van der Waals surface area contributed by atoms with E-state index in [4.69, 9.17) is 32.4 Å². The molecule has 0 fully saturated rings. The van der Waals surface area contributed by atoms with Gasteiger partial charge < -0.3 is 14.5 Å². The number of aryl methyl sites for hydroxylation is 2. The SMILES string of the molecule is CCOc1c(/C(C)=C/C(=O)Nc2cccc(Cl)c2Cl)cc2c(-c3ccc(C)cc3)coc2c1C. The molecule has 0 spiro atoms. The van der Waals surface area contributed by atoms with E-state index in [1.807, 2.05) is 26.8 Å². The lowest BCUT2D eigenvalue weighted by atomic mass is 9.96. The second kappa shape index (κ2) is 9.96. The molecule has 0 saturated carbocycles. The summed E-state index contributed by atoms with van der Waals surface area (Å²) in [6, 6.07) is 15.4. The van der Waals surface area contributed by atoms with Gasteiger partial charge in [-0.2, -0.15) is 0 Å². The lowest BCUT2D eigenvalue weighted by molar-refractivity contribution is -0.111. The fourth-order valence-electron chi connectivity index (χ4n) is 3.94. The first-order valence-electron chi connectivity index (χ1n) is 11.0. The molecular formula is C28H25Cl2NO3. The number of carbonyl (C=O) groups is 1. The van der Waals surface area contributed by atoms with E-state index in [2.05, 4.69) is 36.5 Å². The Morgan fingerprint density at radius 3 is 2.56 bits per heavy atom. The van der Waals surface area contributed by atoms with Crippen LogP contribution in [0.4, 0.5) is 5.69 Å². The predicted molar refractivity (Wildman–Crippen MR) is 141 cm³/mol. The van der Waals surface area contributed by atoms with Gasteiger partial charge in [0.25, 0.3) is 0 Å². The van der Waals surface area contributed by atoms with E-state index in [1.54, 1.807) is 24.5 Å². The molecule has 1 heterocycles. The lowest BCUT2D eigenvalue weighted by Gasteiger charge is -2.15. The number of allylic oxidation sites excluding steroid dienone is 1. The summed E-state index contributed by atoms with van der Waals surface area (Å²) in [5.74, 6) is 0.384. The molecule has 3 aromatic carbocycles. The number of halogens is 2. The van der Waals surface area contributed by atoms with Gasteiger partial charge in [0, 0.05) is 28.2 Å². The second-order valence-electron chi connectivity index (χ2n) is 8.12. The molecule has 0 aliphatic heterocycles. The smallest absolute Gasteiger partial charge is 0.248 e. The van der Waals surface area contributed by atoms with Crippen molar-refractivity contribution in [1.82, 2.24) is 0 Å². The van der Waals surface area contributed by atoms with Crippen LogP contribution in [0.15, 0.2) is 65.3 Å². The zero-order chi connectivity index (χ0) is 24.4. The Hall–Kier alpha value is -3.21. The van der Waals surface area contributed by atoms with Gasteiger partial charge in [0.15, 0.2) is 0 Å². The van der Waals surface area contributed by atoms with E-state index in [0.717, 1.165) is 38.8 Å². The van der Waals surface area contributed by atoms with Crippen molar-refractivity contribution in [3.63, 3.8) is 0 Å². The molecule has 6 heteroatoms. The van der Waals surface area contributed by atoms with E-state index < -0.39 is 0 Å². The maximum absolute atomic E-state index is 12.8. The molecule has 0 radical (unpaired) electrons. The standard InChI is InChI=1S/C28H25Cl2NO3/c1-5-33-27-18(4)28-21(22(15-34-28)19-11-9-16(2)10-12-19)14-20(27)17(3)13-25(32)31-24-8-6-7-23(29)26(24)30/h6-15H,5H2,1-4H3,(H,31,32)/b17-13+. The first kappa shape index (κ1) is 23.9. The average molecular weight is 494 g/mol. The number of nitrogens with one attached hydrogen (secondary N) is 1. The number of anilines is 1. The Balaban J connectivity index is 1.78. The fraction of sp³-hybridized carbons (Fsp3) is 0.179. The third-order valence-electron chi connectivity index (χ3n) is 5.68. The van der Waals surface area contributed by atoms with E-state index in [9.17, 15) is 4.79 Å². The summed E-state index contributed by atoms with van der Waals surface area (Å²) in [4.78, 5) is 12.8. The van der Waals surface area contributed by atoms with Crippen molar-refractivity contribution in [3.05, 3.63) is 87.6 Å². The molecule has 1 N–H and O–H groups in total. The Morgan fingerprint density at radius 2 is 1.85 bits per heavy atom. The summed E-state index contributed by atoms with van der Waals surface area (Å²) in [6.07, 6.45) is 3.31. The zero-order valence-electron chi connectivity index (χ0n) is 19.5. The van der Waals surface area contributed by atoms with Crippen LogP contribution in [0.3, 0.4) is 0 Å². The maximum atomic E-state index is 12.8. The number of ether oxygens (including phenoxy) is 1. The van der Waals surface area contributed by atoms with Gasteiger partial charge in [0.2, 0.25) is 5.91 Å². The van der Waals surface area contributed by atoms with Crippen LogP contribution < -0.4 is 10.1 Å². The van der Waals surface area contributed by atoms with Crippen LogP contribution in [0, 0.1) is 13.8 Å². The molecule has 174 valence electrons. The van der Waals surface area contributed by atoms with Crippen molar-refractivity contribution in [1.29, 1.82) is 0 Å². The van der Waals surface area contributed by atoms with Crippen LogP contribution in [0.2, 0.25) is 10.0 Å². The highest BCUT2D eigenvalue weighted by molar-refractivity contribution is 6.44. The molecule has 0 aliphatic carbocycles. The topological polar surface area (TPSA) is 51.5 Å². The van der Waals surface area contributed by atoms with E-state index in [1.165, 1.54) is 11.6 Å². The average Bonchev–Trinajstić information content (AvgIpc) is 3.23. The van der Waals surface area contributed by atoms with Crippen molar-refractivity contribution in [2.24, 2.45) is 0 Å². The molecule has 4 rings (SSSR count). The van der Waals surface area contributed by atoms with Crippen LogP contribution in [0.25, 0.3) is 27.7 Å². The van der Waals surface area contributed by atoms with Gasteiger partial charge in [0.05, 0.1) is 28.6 Å². The highest BCUT2D eigenvalue weighted by Gasteiger charge is 2.19. The van der Waals surface area contributed by atoms with Gasteiger partial charge in [-0.25, -0.2) is 0 Å². The van der Waals surface area contributed by atoms with E-state index in [0.29, 0.717) is 28.1 Å². The first-order valence-corrected chi connectivity index (χ1v) is 11.7. The van der Waals surface area contributed by atoms with Crippen molar-refractivity contribution in [2.75, 3.05) is 11.9 Å². The van der Waals surface area contributed by atoms with Gasteiger partial charge in [0.1, 0.15) is 11.3 Å². The van der Waals surface area contributed by atoms with Crippen LogP contribution in [-0.2, 0) is 4.79 Å². The summed E-state index contributed by atoms with van der Waals surface area (Å²) in [5.41, 5.74) is 6.94. The van der Waals surface area contributed by atoms with Gasteiger partial charge in [-0.1, -0.05) is 59.1 Å². The molecule has 4 nitrogen and oxygen atoms in total. The molecule has 1 amide bonds. The zero-order valence-corrected chi connectivity index (χ0v) is 21.0. The first-order chi connectivity index (χ1) is 16.3. The molecule has 0 atom stereocenters. The van der Waals surface area contributed by atoms with Gasteiger partial charge in [-0.05, 0) is 57.0 Å². The molecule has 0 unspecified atom stereocenters. The molecule has 34 heavy (non-hydrogen) atoms. The normalized spacial score (nSPS) is 11.6. The third-order valence-corrected chi connectivity index (χ3v) is 6.50. The highest BCUT2D eigenvalue weighted by Crippen LogP contribution is 2.41. The van der Waals surface area contributed by atoms with E-state index >= 15 is 0 Å². The van der Waals surface area contributed by atoms with Crippen molar-refractivity contribution in [3.8, 4) is 16.9 Å². The minimum absolute atomic E-state index is 0.303. The minimum Gasteiger partial charge on any atom is -0.493 e. The monoisotopic (exact) mass is 493 g/mol. The number of benzene rings is 3. The molecule has 0 bridgehead atoms. The third kappa shape index (κ3) is 4.70. The number of rotatable bonds is 6. The number of carbonyl (C=O) groups excluding carboxylic acids is 1. The fourth-order valence-corrected chi connectivity index (χ4v) is 4.29. The maximum Gasteiger partial charge on any atom is 0.248 e. The summed E-state index contributed by atoms with van der Waals surface area (Å²) >= 11 is 12.3. The van der Waals surface area contributed by atoms with Gasteiger partial charge in [-0.15, -0.1) is 0 Å². The van der Waals surface area contributed by atoms with Crippen LogP contribution in [-0.4, -0.2) is 12.5 Å². The Labute approximate surface area is 209 Å². The molecule has 0 saturated heterocycles. The summed E-state index contributed by atoms with van der Waals surface area (Å²) in [7, 11) is 0. The van der Waals surface area contributed by atoms with Gasteiger partial charge in [-0.3, -0.25) is 4.79 Å². The van der Waals surface area contributed by atoms with Gasteiger partial charge >= 0.3 is 0 Å². The number of furan rings is 1. The largest absolute Gasteiger partial charge is 0.493 e. The van der Waals surface area contributed by atoms with Crippen molar-refractivity contribution in [2.45, 2.75) is 27.7 Å². The summed E-state index contributed by atoms with van der Waals surface area (Å²) in [6.45, 7) is 8.33. The van der Waals surface area contributed by atoms with Crippen LogP contribution in [0.1, 0.15) is 30.5 Å². The predicted octanol–water partition coefficient (Wildman–Crippen LogP) is 8.46. The molecule has 1 aromatic heterocycles. The Bertz CT molecular complexity index is 1400. The van der Waals surface area contributed by atoms with E-state index in [-0.39, 0.29) is 5.91 Å². The quantitative estimate of drug-likeness (QED) is 0.274. The summed E-state index contributed by atoms with van der Waals surface area (Å²) in [5, 5.41) is 4.45. The minimum atomic E-state index is -0.312. The molecule has 4 aromatic rings. The summed E-state index contributed by atoms with van der Waals surface area (Å²) < 4.78 is 12.0. The van der Waals surface area contributed by atoms with Crippen molar-refractivity contribution < 1.29 is 13.9 Å². The number of hydrogen-bond acceptors (Lipinski definition) is 3. The second-order valence-corrected chi connectivity index (χ2v) is 8.91. The highest BCUT2D eigenvalue weighted by atomic mass is 35.5. The number of amides is 1. The van der Waals surface area contributed by atoms with Crippen molar-refractivity contribution >= 4 is 51.3 Å². The van der Waals surface area contributed by atoms with Crippen LogP contribution in [0.5, 0.6) is 5.75 Å². The number of hydrogen-bond donors (Lipinski definition) is 1.